The highest BCUT2D eigenvalue weighted by Gasteiger charge is 2.35. The number of likely N-dealkylation sites (tertiary alicyclic amines) is 1. The monoisotopic (exact) mass is 227 g/mol. The lowest BCUT2D eigenvalue weighted by Crippen LogP contribution is -2.37. The highest BCUT2D eigenvalue weighted by molar-refractivity contribution is 5.74. The fourth-order valence-corrected chi connectivity index (χ4v) is 2.52. The topological polar surface area (TPSA) is 55.8 Å². The van der Waals surface area contributed by atoms with Crippen molar-refractivity contribution in [3.05, 3.63) is 0 Å². The number of hydrogen-bond donors (Lipinski definition) is 0. The van der Waals surface area contributed by atoms with E-state index in [2.05, 4.69) is 0 Å². The molecule has 2 aliphatic heterocycles. The van der Waals surface area contributed by atoms with Crippen LogP contribution in [0.2, 0.25) is 0 Å². The Balaban J connectivity index is 1.93. The average Bonchev–Trinajstić information content (AvgIpc) is 2.88. The van der Waals surface area contributed by atoms with E-state index in [0.29, 0.717) is 13.0 Å². The number of nitrogens with zero attached hydrogens (tertiary/aromatic N) is 1. The summed E-state index contributed by atoms with van der Waals surface area (Å²) in [5, 5.41) is 0. The molecule has 0 aromatic heterocycles. The Hall–Kier alpha value is -1.26. The van der Waals surface area contributed by atoms with Crippen LogP contribution in [0.1, 0.15) is 25.7 Å². The molecular weight excluding hydrogens is 210 g/mol. The van der Waals surface area contributed by atoms with Crippen LogP contribution >= 0.6 is 0 Å². The number of methoxy groups -OCH3 is 1. The van der Waals surface area contributed by atoms with Crippen molar-refractivity contribution in [3.8, 4) is 0 Å². The van der Waals surface area contributed by atoms with Crippen LogP contribution in [0.3, 0.4) is 0 Å². The van der Waals surface area contributed by atoms with E-state index in [1.54, 1.807) is 4.90 Å². The molecule has 2 aliphatic rings. The Labute approximate surface area is 94.7 Å². The number of cyclic esters (lactones) is 1. The van der Waals surface area contributed by atoms with Crippen molar-refractivity contribution in [1.82, 2.24) is 4.90 Å². The van der Waals surface area contributed by atoms with Crippen LogP contribution in [0.25, 0.3) is 0 Å². The molecule has 0 radical (unpaired) electrons. The number of rotatable bonds is 2. The summed E-state index contributed by atoms with van der Waals surface area (Å²) in [6, 6.07) is 0.142. The van der Waals surface area contributed by atoms with Crippen LogP contribution < -0.4 is 0 Å². The van der Waals surface area contributed by atoms with E-state index in [9.17, 15) is 9.59 Å². The minimum absolute atomic E-state index is 0.0322. The molecule has 2 saturated heterocycles. The van der Waals surface area contributed by atoms with Gasteiger partial charge in [-0.2, -0.15) is 0 Å². The van der Waals surface area contributed by atoms with Gasteiger partial charge in [0.15, 0.2) is 0 Å². The largest absolute Gasteiger partial charge is 0.465 e. The molecule has 0 aliphatic carbocycles. The normalized spacial score (nSPS) is 29.3. The maximum absolute atomic E-state index is 11.5. The van der Waals surface area contributed by atoms with E-state index in [0.717, 1.165) is 25.8 Å². The molecule has 2 heterocycles. The third-order valence-electron chi connectivity index (χ3n) is 3.39. The number of carbonyl (C=O) groups excluding carboxylic acids is 2. The van der Waals surface area contributed by atoms with Gasteiger partial charge >= 0.3 is 12.1 Å². The third-order valence-corrected chi connectivity index (χ3v) is 3.39. The number of ether oxygens (including phenoxy) is 2. The summed E-state index contributed by atoms with van der Waals surface area (Å²) in [6.07, 6.45) is 3.16. The summed E-state index contributed by atoms with van der Waals surface area (Å²) in [6.45, 7) is 1.26. The molecule has 0 aromatic rings. The Bertz CT molecular complexity index is 292. The Morgan fingerprint density at radius 1 is 1.56 bits per heavy atom. The lowest BCUT2D eigenvalue weighted by Gasteiger charge is -2.24. The minimum atomic E-state index is -0.283. The molecule has 2 unspecified atom stereocenters. The van der Waals surface area contributed by atoms with Gasteiger partial charge in [-0.15, -0.1) is 0 Å². The zero-order chi connectivity index (χ0) is 11.5. The molecule has 2 fully saturated rings. The lowest BCUT2D eigenvalue weighted by atomic mass is 9.97. The standard InChI is InChI=1S/C11H17NO4/c1-15-11(14)12-5-2-3-9(12)7-8-4-6-16-10(8)13/h8-9H,2-7H2,1H3. The number of hydrogen-bond acceptors (Lipinski definition) is 4. The zero-order valence-corrected chi connectivity index (χ0v) is 9.48. The van der Waals surface area contributed by atoms with Crippen molar-refractivity contribution in [2.75, 3.05) is 20.3 Å². The Kier molecular flexibility index (Phi) is 3.31. The molecule has 90 valence electrons. The predicted octanol–water partition coefficient (Wildman–Crippen LogP) is 1.17. The van der Waals surface area contributed by atoms with Crippen LogP contribution in [0.5, 0.6) is 0 Å². The number of amides is 1. The van der Waals surface area contributed by atoms with Gasteiger partial charge in [0.25, 0.3) is 0 Å². The molecular formula is C11H17NO4. The molecule has 0 saturated carbocycles. The zero-order valence-electron chi connectivity index (χ0n) is 9.48. The van der Waals surface area contributed by atoms with Crippen molar-refractivity contribution >= 4 is 12.1 Å². The number of esters is 1. The second-order valence-electron chi connectivity index (χ2n) is 4.35. The lowest BCUT2D eigenvalue weighted by molar-refractivity contribution is -0.141. The predicted molar refractivity (Wildman–Crippen MR) is 55.8 cm³/mol. The van der Waals surface area contributed by atoms with Gasteiger partial charge in [-0.25, -0.2) is 4.79 Å². The van der Waals surface area contributed by atoms with Gasteiger partial charge < -0.3 is 14.4 Å². The van der Waals surface area contributed by atoms with Crippen molar-refractivity contribution in [2.45, 2.75) is 31.7 Å². The SMILES string of the molecule is COC(=O)N1CCCC1CC1CCOC1=O. The van der Waals surface area contributed by atoms with E-state index in [1.165, 1.54) is 7.11 Å². The van der Waals surface area contributed by atoms with Gasteiger partial charge in [0.2, 0.25) is 0 Å². The third kappa shape index (κ3) is 2.13. The summed E-state index contributed by atoms with van der Waals surface area (Å²) < 4.78 is 9.65. The van der Waals surface area contributed by atoms with Gasteiger partial charge in [0.1, 0.15) is 0 Å². The molecule has 2 atom stereocenters. The quantitative estimate of drug-likeness (QED) is 0.664. The minimum Gasteiger partial charge on any atom is -0.465 e. The first kappa shape index (κ1) is 11.2. The van der Waals surface area contributed by atoms with Crippen molar-refractivity contribution < 1.29 is 19.1 Å². The van der Waals surface area contributed by atoms with Crippen LogP contribution in [0, 0.1) is 5.92 Å². The molecule has 16 heavy (non-hydrogen) atoms. The van der Waals surface area contributed by atoms with Gasteiger partial charge in [0, 0.05) is 12.6 Å². The summed E-state index contributed by atoms with van der Waals surface area (Å²) in [7, 11) is 1.39. The van der Waals surface area contributed by atoms with Crippen molar-refractivity contribution in [3.63, 3.8) is 0 Å². The van der Waals surface area contributed by atoms with E-state index < -0.39 is 0 Å². The van der Waals surface area contributed by atoms with Crippen LogP contribution in [0.4, 0.5) is 4.79 Å². The Morgan fingerprint density at radius 3 is 3.00 bits per heavy atom. The molecule has 1 amide bonds. The van der Waals surface area contributed by atoms with Gasteiger partial charge in [-0.1, -0.05) is 0 Å². The summed E-state index contributed by atoms with van der Waals surface area (Å²) in [5.74, 6) is -0.146. The first-order valence-electron chi connectivity index (χ1n) is 5.73. The van der Waals surface area contributed by atoms with Gasteiger partial charge in [-0.3, -0.25) is 4.79 Å². The maximum Gasteiger partial charge on any atom is 0.409 e. The molecule has 0 bridgehead atoms. The van der Waals surface area contributed by atoms with Gasteiger partial charge in [-0.05, 0) is 25.7 Å². The fourth-order valence-electron chi connectivity index (χ4n) is 2.52. The second kappa shape index (κ2) is 4.72. The fraction of sp³-hybridized carbons (Fsp3) is 0.818. The summed E-state index contributed by atoms with van der Waals surface area (Å²) in [4.78, 5) is 24.5. The van der Waals surface area contributed by atoms with Crippen LogP contribution in [0.15, 0.2) is 0 Å². The maximum atomic E-state index is 11.5. The van der Waals surface area contributed by atoms with E-state index in [-0.39, 0.29) is 24.0 Å². The van der Waals surface area contributed by atoms with E-state index >= 15 is 0 Å². The molecule has 0 aromatic carbocycles. The van der Waals surface area contributed by atoms with Crippen molar-refractivity contribution in [2.24, 2.45) is 5.92 Å². The van der Waals surface area contributed by atoms with Crippen molar-refractivity contribution in [1.29, 1.82) is 0 Å². The highest BCUT2D eigenvalue weighted by atomic mass is 16.5. The smallest absolute Gasteiger partial charge is 0.409 e. The first-order valence-corrected chi connectivity index (χ1v) is 5.73. The van der Waals surface area contributed by atoms with Crippen LogP contribution in [-0.2, 0) is 14.3 Å². The first-order chi connectivity index (χ1) is 7.72. The molecule has 0 N–H and O–H groups in total. The summed E-state index contributed by atoms with van der Waals surface area (Å²) in [5.41, 5.74) is 0. The van der Waals surface area contributed by atoms with Gasteiger partial charge in [0.05, 0.1) is 19.6 Å². The second-order valence-corrected chi connectivity index (χ2v) is 4.35. The van der Waals surface area contributed by atoms with E-state index in [1.807, 2.05) is 0 Å². The molecule has 0 spiro atoms. The van der Waals surface area contributed by atoms with E-state index in [4.69, 9.17) is 9.47 Å². The highest BCUT2D eigenvalue weighted by Crippen LogP contribution is 2.28. The summed E-state index contributed by atoms with van der Waals surface area (Å²) >= 11 is 0. The Morgan fingerprint density at radius 2 is 2.38 bits per heavy atom. The number of carbonyl (C=O) groups is 2. The van der Waals surface area contributed by atoms with Crippen LogP contribution in [-0.4, -0.2) is 43.3 Å². The average molecular weight is 227 g/mol. The molecule has 5 nitrogen and oxygen atoms in total. The molecule has 2 rings (SSSR count). The molecule has 5 heteroatoms.